The molecule has 19 heavy (non-hydrogen) atoms. The summed E-state index contributed by atoms with van der Waals surface area (Å²) in [4.78, 5) is 21.6. The van der Waals surface area contributed by atoms with E-state index in [2.05, 4.69) is 0 Å². The first-order chi connectivity index (χ1) is 8.95. The molecular formula is C10H12N2O7. The molecule has 1 aliphatic heterocycles. The number of hydrogen-bond donors (Lipinski definition) is 3. The second-order valence-electron chi connectivity index (χ2n) is 4.12. The van der Waals surface area contributed by atoms with Gasteiger partial charge in [-0.25, -0.2) is 0 Å². The van der Waals surface area contributed by atoms with Crippen LogP contribution in [0.4, 0.5) is 5.69 Å². The van der Waals surface area contributed by atoms with E-state index in [4.69, 9.17) is 9.84 Å². The van der Waals surface area contributed by atoms with Gasteiger partial charge in [0.25, 0.3) is 11.2 Å². The molecule has 4 atom stereocenters. The molecule has 0 bridgehead atoms. The highest BCUT2D eigenvalue weighted by Gasteiger charge is 2.43. The van der Waals surface area contributed by atoms with E-state index in [0.29, 0.717) is 0 Å². The van der Waals surface area contributed by atoms with Crippen LogP contribution < -0.4 is 5.56 Å². The zero-order chi connectivity index (χ0) is 14.2. The lowest BCUT2D eigenvalue weighted by atomic mass is 10.1. The van der Waals surface area contributed by atoms with Gasteiger partial charge in [-0.3, -0.25) is 19.5 Å². The van der Waals surface area contributed by atoms with Crippen LogP contribution in [0.1, 0.15) is 6.23 Å². The van der Waals surface area contributed by atoms with Crippen molar-refractivity contribution in [3.63, 3.8) is 0 Å². The average Bonchev–Trinajstić information content (AvgIpc) is 2.66. The third-order valence-electron chi connectivity index (χ3n) is 2.92. The van der Waals surface area contributed by atoms with Crippen LogP contribution in [-0.4, -0.2) is 49.7 Å². The maximum absolute atomic E-state index is 11.6. The van der Waals surface area contributed by atoms with E-state index < -0.39 is 41.6 Å². The number of aliphatic hydroxyl groups excluding tert-OH is 3. The van der Waals surface area contributed by atoms with E-state index in [1.165, 1.54) is 0 Å². The van der Waals surface area contributed by atoms with Crippen LogP contribution >= 0.6 is 0 Å². The molecule has 3 N–H and O–H groups in total. The molecule has 1 aliphatic rings. The lowest BCUT2D eigenvalue weighted by molar-refractivity contribution is -0.385. The Kier molecular flexibility index (Phi) is 3.62. The van der Waals surface area contributed by atoms with E-state index in [-0.39, 0.29) is 5.69 Å². The molecule has 2 rings (SSSR count). The van der Waals surface area contributed by atoms with Crippen molar-refractivity contribution >= 4 is 5.69 Å². The molecular weight excluding hydrogens is 260 g/mol. The van der Waals surface area contributed by atoms with E-state index in [0.717, 1.165) is 22.9 Å². The summed E-state index contributed by atoms with van der Waals surface area (Å²) in [6, 6.07) is 1.99. The predicted molar refractivity (Wildman–Crippen MR) is 60.4 cm³/mol. The fraction of sp³-hybridized carbons (Fsp3) is 0.500. The van der Waals surface area contributed by atoms with Gasteiger partial charge in [0.2, 0.25) is 0 Å². The Labute approximate surface area is 106 Å². The van der Waals surface area contributed by atoms with Crippen molar-refractivity contribution in [2.24, 2.45) is 0 Å². The number of ether oxygens (including phenoxy) is 1. The van der Waals surface area contributed by atoms with Crippen LogP contribution in [-0.2, 0) is 4.74 Å². The Balaban J connectivity index is 2.39. The number of nitro groups is 1. The number of aromatic nitrogens is 1. The van der Waals surface area contributed by atoms with Crippen LogP contribution in [0.5, 0.6) is 0 Å². The first kappa shape index (κ1) is 13.6. The van der Waals surface area contributed by atoms with Crippen molar-refractivity contribution < 1.29 is 25.0 Å². The molecule has 1 saturated heterocycles. The molecule has 0 aromatic carbocycles. The van der Waals surface area contributed by atoms with Gasteiger partial charge in [-0.2, -0.15) is 0 Å². The Hall–Kier alpha value is -1.81. The Morgan fingerprint density at radius 3 is 2.58 bits per heavy atom. The van der Waals surface area contributed by atoms with Crippen LogP contribution in [0.15, 0.2) is 23.1 Å². The van der Waals surface area contributed by atoms with Gasteiger partial charge < -0.3 is 20.1 Å². The minimum atomic E-state index is -1.46. The highest BCUT2D eigenvalue weighted by molar-refractivity contribution is 5.25. The van der Waals surface area contributed by atoms with Crippen LogP contribution in [0.3, 0.4) is 0 Å². The third-order valence-corrected chi connectivity index (χ3v) is 2.92. The predicted octanol–water partition coefficient (Wildman–Crippen LogP) is -1.63. The van der Waals surface area contributed by atoms with Crippen molar-refractivity contribution in [2.75, 3.05) is 6.61 Å². The molecule has 0 radical (unpaired) electrons. The number of hydrogen-bond acceptors (Lipinski definition) is 7. The lowest BCUT2D eigenvalue weighted by Gasteiger charge is -2.16. The second-order valence-corrected chi connectivity index (χ2v) is 4.12. The zero-order valence-electron chi connectivity index (χ0n) is 9.62. The summed E-state index contributed by atoms with van der Waals surface area (Å²) in [5, 5.41) is 38.9. The summed E-state index contributed by atoms with van der Waals surface area (Å²) in [7, 11) is 0. The van der Waals surface area contributed by atoms with Crippen molar-refractivity contribution in [3.05, 3.63) is 38.8 Å². The van der Waals surface area contributed by atoms with Gasteiger partial charge in [0.15, 0.2) is 6.23 Å². The SMILES string of the molecule is O=c1ccc([N+](=O)[O-])cn1[C@@H]1O[C@H](CO)[C@H](O)[C@@H]1O. The van der Waals surface area contributed by atoms with Crippen LogP contribution in [0.25, 0.3) is 0 Å². The molecule has 104 valence electrons. The molecule has 9 heteroatoms. The largest absolute Gasteiger partial charge is 0.394 e. The molecule has 0 amide bonds. The summed E-state index contributed by atoms with van der Waals surface area (Å²) in [6.07, 6.45) is -4.24. The van der Waals surface area contributed by atoms with Crippen molar-refractivity contribution in [2.45, 2.75) is 24.5 Å². The van der Waals surface area contributed by atoms with E-state index in [9.17, 15) is 25.1 Å². The standard InChI is InChI=1S/C10H12N2O7/c13-4-6-8(15)9(16)10(19-6)11-3-5(12(17)18)1-2-7(11)14/h1-3,6,8-10,13,15-16H,4H2/t6-,8+,9+,10-/m1/s1. The molecule has 1 aromatic heterocycles. The van der Waals surface area contributed by atoms with Gasteiger partial charge in [0, 0.05) is 12.1 Å². The molecule has 0 unspecified atom stereocenters. The minimum absolute atomic E-state index is 0.350. The normalized spacial score (nSPS) is 30.5. The van der Waals surface area contributed by atoms with E-state index >= 15 is 0 Å². The van der Waals surface area contributed by atoms with Crippen LogP contribution in [0, 0.1) is 10.1 Å². The van der Waals surface area contributed by atoms with Gasteiger partial charge >= 0.3 is 0 Å². The molecule has 0 aliphatic carbocycles. The topological polar surface area (TPSA) is 135 Å². The number of rotatable bonds is 3. The van der Waals surface area contributed by atoms with Gasteiger partial charge in [0.05, 0.1) is 17.7 Å². The van der Waals surface area contributed by atoms with Gasteiger partial charge in [-0.05, 0) is 0 Å². The number of pyridine rings is 1. The van der Waals surface area contributed by atoms with Gasteiger partial charge in [-0.1, -0.05) is 0 Å². The third kappa shape index (κ3) is 2.36. The summed E-state index contributed by atoms with van der Waals surface area (Å²) < 4.78 is 5.95. The summed E-state index contributed by atoms with van der Waals surface area (Å²) in [5.74, 6) is 0. The fourth-order valence-corrected chi connectivity index (χ4v) is 1.91. The maximum Gasteiger partial charge on any atom is 0.285 e. The average molecular weight is 272 g/mol. The first-order valence-electron chi connectivity index (χ1n) is 5.44. The molecule has 1 fully saturated rings. The fourth-order valence-electron chi connectivity index (χ4n) is 1.91. The number of aliphatic hydroxyl groups is 3. The van der Waals surface area contributed by atoms with Crippen molar-refractivity contribution in [3.8, 4) is 0 Å². The molecule has 0 spiro atoms. The quantitative estimate of drug-likeness (QED) is 0.444. The summed E-state index contributed by atoms with van der Waals surface area (Å²) in [6.45, 7) is -0.543. The van der Waals surface area contributed by atoms with Gasteiger partial charge in [-0.15, -0.1) is 0 Å². The molecule has 1 aromatic rings. The smallest absolute Gasteiger partial charge is 0.285 e. The summed E-state index contributed by atoms with van der Waals surface area (Å²) >= 11 is 0. The van der Waals surface area contributed by atoms with Gasteiger partial charge in [0.1, 0.15) is 18.3 Å². The van der Waals surface area contributed by atoms with E-state index in [1.54, 1.807) is 0 Å². The molecule has 0 saturated carbocycles. The Bertz CT molecular complexity index is 543. The lowest BCUT2D eigenvalue weighted by Crippen LogP contribution is -2.35. The van der Waals surface area contributed by atoms with E-state index in [1.807, 2.05) is 0 Å². The Morgan fingerprint density at radius 2 is 2.05 bits per heavy atom. The minimum Gasteiger partial charge on any atom is -0.394 e. The first-order valence-corrected chi connectivity index (χ1v) is 5.44. The highest BCUT2D eigenvalue weighted by atomic mass is 16.6. The molecule has 9 nitrogen and oxygen atoms in total. The second kappa shape index (κ2) is 5.05. The molecule has 2 heterocycles. The van der Waals surface area contributed by atoms with Crippen molar-refractivity contribution in [1.82, 2.24) is 4.57 Å². The number of nitrogens with zero attached hydrogens (tertiary/aromatic N) is 2. The summed E-state index contributed by atoms with van der Waals surface area (Å²) in [5.41, 5.74) is -0.974. The highest BCUT2D eigenvalue weighted by Crippen LogP contribution is 2.28. The monoisotopic (exact) mass is 272 g/mol. The van der Waals surface area contributed by atoms with Crippen LogP contribution in [0.2, 0.25) is 0 Å². The Morgan fingerprint density at radius 1 is 1.37 bits per heavy atom. The van der Waals surface area contributed by atoms with Crippen molar-refractivity contribution in [1.29, 1.82) is 0 Å². The maximum atomic E-state index is 11.6. The zero-order valence-corrected chi connectivity index (χ0v) is 9.62.